The third kappa shape index (κ3) is 4.33. The summed E-state index contributed by atoms with van der Waals surface area (Å²) in [5.41, 5.74) is 4.64. The van der Waals surface area contributed by atoms with Gasteiger partial charge in [-0.3, -0.25) is 4.79 Å². The molecule has 0 saturated heterocycles. The SMILES string of the molecule is Cc1ccc(-c2cc(CN(Cc3ccc(F)cc3)C(=O)c3ccco3)no2)c(C)c1. The predicted molar refractivity (Wildman–Crippen MR) is 110 cm³/mol. The molecule has 0 spiro atoms. The highest BCUT2D eigenvalue weighted by Crippen LogP contribution is 2.26. The Morgan fingerprint density at radius 3 is 2.53 bits per heavy atom. The highest BCUT2D eigenvalue weighted by Gasteiger charge is 2.21. The molecule has 0 fully saturated rings. The largest absolute Gasteiger partial charge is 0.459 e. The second kappa shape index (κ2) is 8.37. The first-order chi connectivity index (χ1) is 14.5. The zero-order valence-electron chi connectivity index (χ0n) is 16.8. The number of furan rings is 1. The van der Waals surface area contributed by atoms with Gasteiger partial charge >= 0.3 is 0 Å². The minimum absolute atomic E-state index is 0.227. The van der Waals surface area contributed by atoms with Crippen LogP contribution in [0.25, 0.3) is 11.3 Å². The van der Waals surface area contributed by atoms with Crippen molar-refractivity contribution < 1.29 is 18.1 Å². The van der Waals surface area contributed by atoms with Gasteiger partial charge in [-0.05, 0) is 49.2 Å². The lowest BCUT2D eigenvalue weighted by Crippen LogP contribution is -2.30. The molecule has 6 heteroatoms. The zero-order valence-corrected chi connectivity index (χ0v) is 16.8. The first kappa shape index (κ1) is 19.6. The summed E-state index contributed by atoms with van der Waals surface area (Å²) < 4.78 is 24.1. The van der Waals surface area contributed by atoms with E-state index in [1.807, 2.05) is 32.0 Å². The third-order valence-corrected chi connectivity index (χ3v) is 4.87. The number of benzene rings is 2. The van der Waals surface area contributed by atoms with Gasteiger partial charge in [0.1, 0.15) is 11.5 Å². The summed E-state index contributed by atoms with van der Waals surface area (Å²) in [6, 6.07) is 17.3. The number of aromatic nitrogens is 1. The molecule has 30 heavy (non-hydrogen) atoms. The van der Waals surface area contributed by atoms with Crippen LogP contribution in [-0.4, -0.2) is 16.0 Å². The maximum absolute atomic E-state index is 13.3. The summed E-state index contributed by atoms with van der Waals surface area (Å²) in [4.78, 5) is 14.5. The molecule has 2 aromatic carbocycles. The molecule has 0 aliphatic carbocycles. The Hall–Kier alpha value is -3.67. The Balaban J connectivity index is 1.59. The molecule has 0 atom stereocenters. The fourth-order valence-corrected chi connectivity index (χ4v) is 3.36. The second-order valence-corrected chi connectivity index (χ2v) is 7.27. The zero-order chi connectivity index (χ0) is 21.1. The van der Waals surface area contributed by atoms with Crippen molar-refractivity contribution in [1.82, 2.24) is 10.1 Å². The number of rotatable bonds is 6. The van der Waals surface area contributed by atoms with Crippen LogP contribution < -0.4 is 0 Å². The lowest BCUT2D eigenvalue weighted by atomic mass is 10.0. The molecule has 0 aliphatic heterocycles. The van der Waals surface area contributed by atoms with Crippen molar-refractivity contribution in [3.63, 3.8) is 0 Å². The molecule has 0 bridgehead atoms. The van der Waals surface area contributed by atoms with Gasteiger partial charge in [-0.2, -0.15) is 0 Å². The van der Waals surface area contributed by atoms with Gasteiger partial charge in [0.05, 0.1) is 12.8 Å². The van der Waals surface area contributed by atoms with E-state index in [1.165, 1.54) is 24.0 Å². The van der Waals surface area contributed by atoms with Crippen molar-refractivity contribution in [1.29, 1.82) is 0 Å². The van der Waals surface area contributed by atoms with Crippen LogP contribution in [0.1, 0.15) is 32.9 Å². The minimum atomic E-state index is -0.322. The quantitative estimate of drug-likeness (QED) is 0.424. The number of carbonyl (C=O) groups excluding carboxylic acids is 1. The van der Waals surface area contributed by atoms with E-state index in [1.54, 1.807) is 29.2 Å². The van der Waals surface area contributed by atoms with E-state index in [-0.39, 0.29) is 30.6 Å². The van der Waals surface area contributed by atoms with E-state index in [0.29, 0.717) is 11.5 Å². The van der Waals surface area contributed by atoms with E-state index in [0.717, 1.165) is 16.7 Å². The summed E-state index contributed by atoms with van der Waals surface area (Å²) in [6.07, 6.45) is 1.46. The van der Waals surface area contributed by atoms with Gasteiger partial charge in [0, 0.05) is 18.2 Å². The molecule has 4 aromatic rings. The Kier molecular flexibility index (Phi) is 5.48. The number of halogens is 1. The topological polar surface area (TPSA) is 59.5 Å². The maximum atomic E-state index is 13.3. The van der Waals surface area contributed by atoms with E-state index in [4.69, 9.17) is 8.94 Å². The van der Waals surface area contributed by atoms with Crippen LogP contribution in [0.4, 0.5) is 4.39 Å². The number of carbonyl (C=O) groups is 1. The van der Waals surface area contributed by atoms with Crippen LogP contribution in [-0.2, 0) is 13.1 Å². The van der Waals surface area contributed by atoms with Gasteiger partial charge in [0.15, 0.2) is 11.5 Å². The van der Waals surface area contributed by atoms with E-state index >= 15 is 0 Å². The van der Waals surface area contributed by atoms with Crippen LogP contribution >= 0.6 is 0 Å². The van der Waals surface area contributed by atoms with Crippen LogP contribution in [0, 0.1) is 19.7 Å². The Bertz CT molecular complexity index is 1150. The van der Waals surface area contributed by atoms with E-state index in [2.05, 4.69) is 11.2 Å². The van der Waals surface area contributed by atoms with Gasteiger partial charge in [0.25, 0.3) is 5.91 Å². The number of hydrogen-bond acceptors (Lipinski definition) is 4. The summed E-state index contributed by atoms with van der Waals surface area (Å²) >= 11 is 0. The molecular weight excluding hydrogens is 383 g/mol. The van der Waals surface area contributed by atoms with Crippen molar-refractivity contribution >= 4 is 5.91 Å². The lowest BCUT2D eigenvalue weighted by molar-refractivity contribution is 0.0694. The molecule has 2 aromatic heterocycles. The first-order valence-electron chi connectivity index (χ1n) is 9.60. The summed E-state index contributed by atoms with van der Waals surface area (Å²) in [5.74, 6) is 0.280. The molecule has 0 N–H and O–H groups in total. The number of aryl methyl sites for hydroxylation is 2. The van der Waals surface area contributed by atoms with Crippen molar-refractivity contribution in [2.24, 2.45) is 0 Å². The molecule has 0 saturated carbocycles. The maximum Gasteiger partial charge on any atom is 0.290 e. The van der Waals surface area contributed by atoms with Gasteiger partial charge in [-0.1, -0.05) is 41.1 Å². The number of nitrogens with zero attached hydrogens (tertiary/aromatic N) is 2. The molecular formula is C24H21FN2O3. The highest BCUT2D eigenvalue weighted by molar-refractivity contribution is 5.91. The standard InChI is InChI=1S/C24H21FN2O3/c1-16-5-10-21(17(2)12-16)23-13-20(26-30-23)15-27(24(28)22-4-3-11-29-22)14-18-6-8-19(25)9-7-18/h3-13H,14-15H2,1-2H3. The van der Waals surface area contributed by atoms with Crippen molar-refractivity contribution in [2.75, 3.05) is 0 Å². The highest BCUT2D eigenvalue weighted by atomic mass is 19.1. The molecule has 4 rings (SSSR count). The normalized spacial score (nSPS) is 10.9. The van der Waals surface area contributed by atoms with Gasteiger partial charge in [-0.25, -0.2) is 4.39 Å². The Labute approximate surface area is 173 Å². The van der Waals surface area contributed by atoms with Crippen LogP contribution in [0.5, 0.6) is 0 Å². The molecule has 2 heterocycles. The monoisotopic (exact) mass is 404 g/mol. The first-order valence-corrected chi connectivity index (χ1v) is 9.60. The number of amides is 1. The van der Waals surface area contributed by atoms with Crippen molar-refractivity contribution in [3.05, 3.63) is 101 Å². The fraction of sp³-hybridized carbons (Fsp3) is 0.167. The summed E-state index contributed by atoms with van der Waals surface area (Å²) in [7, 11) is 0. The van der Waals surface area contributed by atoms with Crippen LogP contribution in [0.3, 0.4) is 0 Å². The van der Waals surface area contributed by atoms with Gasteiger partial charge in [-0.15, -0.1) is 0 Å². The Morgan fingerprint density at radius 1 is 1.03 bits per heavy atom. The third-order valence-electron chi connectivity index (χ3n) is 4.87. The summed E-state index contributed by atoms with van der Waals surface area (Å²) in [6.45, 7) is 4.57. The van der Waals surface area contributed by atoms with Gasteiger partial charge in [0.2, 0.25) is 0 Å². The van der Waals surface area contributed by atoms with Crippen LogP contribution in [0.2, 0.25) is 0 Å². The second-order valence-electron chi connectivity index (χ2n) is 7.27. The molecule has 0 radical (unpaired) electrons. The van der Waals surface area contributed by atoms with Crippen molar-refractivity contribution in [2.45, 2.75) is 26.9 Å². The van der Waals surface area contributed by atoms with Crippen molar-refractivity contribution in [3.8, 4) is 11.3 Å². The number of hydrogen-bond donors (Lipinski definition) is 0. The van der Waals surface area contributed by atoms with Crippen LogP contribution in [0.15, 0.2) is 75.9 Å². The summed E-state index contributed by atoms with van der Waals surface area (Å²) in [5, 5.41) is 4.16. The molecule has 152 valence electrons. The lowest BCUT2D eigenvalue weighted by Gasteiger charge is -2.20. The molecule has 5 nitrogen and oxygen atoms in total. The van der Waals surface area contributed by atoms with Gasteiger partial charge < -0.3 is 13.8 Å². The van der Waals surface area contributed by atoms with E-state index in [9.17, 15) is 9.18 Å². The molecule has 1 amide bonds. The minimum Gasteiger partial charge on any atom is -0.459 e. The average molecular weight is 404 g/mol. The average Bonchev–Trinajstić information content (AvgIpc) is 3.41. The fourth-order valence-electron chi connectivity index (χ4n) is 3.36. The van der Waals surface area contributed by atoms with E-state index < -0.39 is 0 Å². The molecule has 0 unspecified atom stereocenters. The predicted octanol–water partition coefficient (Wildman–Crippen LogP) is 5.53. The molecule has 0 aliphatic rings. The Morgan fingerprint density at radius 2 is 1.83 bits per heavy atom. The smallest absolute Gasteiger partial charge is 0.290 e.